The minimum absolute atomic E-state index is 0.00914. The number of benzene rings is 2. The van der Waals surface area contributed by atoms with Gasteiger partial charge >= 0.3 is 0 Å². The van der Waals surface area contributed by atoms with Crippen molar-refractivity contribution in [3.63, 3.8) is 0 Å². The molecule has 10 nitrogen and oxygen atoms in total. The van der Waals surface area contributed by atoms with E-state index in [1.165, 1.54) is 29.6 Å². The maximum absolute atomic E-state index is 13.0. The Hall–Kier alpha value is -2.51. The first-order chi connectivity index (χ1) is 16.0. The zero-order valence-corrected chi connectivity index (χ0v) is 21.0. The fraction of sp³-hybridized carbons (Fsp3) is 0.409. The van der Waals surface area contributed by atoms with E-state index < -0.39 is 32.5 Å². The molecular weight excluding hydrogens is 482 g/mol. The number of methoxy groups -OCH3 is 1. The number of hydrogen-bond acceptors (Lipinski definition) is 7. The van der Waals surface area contributed by atoms with Gasteiger partial charge < -0.3 is 14.8 Å². The van der Waals surface area contributed by atoms with Gasteiger partial charge in [-0.2, -0.15) is 8.61 Å². The van der Waals surface area contributed by atoms with E-state index in [9.17, 15) is 21.6 Å². The zero-order valence-electron chi connectivity index (χ0n) is 19.4. The number of rotatable bonds is 9. The van der Waals surface area contributed by atoms with Crippen molar-refractivity contribution in [2.45, 2.75) is 18.4 Å². The van der Waals surface area contributed by atoms with Crippen LogP contribution in [0.4, 0.5) is 5.69 Å². The quantitative estimate of drug-likeness (QED) is 0.540. The van der Waals surface area contributed by atoms with Gasteiger partial charge in [0.05, 0.1) is 43.7 Å². The molecule has 2 aromatic rings. The van der Waals surface area contributed by atoms with Gasteiger partial charge in [-0.15, -0.1) is 0 Å². The Morgan fingerprint density at radius 3 is 2.32 bits per heavy atom. The molecule has 1 aliphatic heterocycles. The van der Waals surface area contributed by atoms with Crippen molar-refractivity contribution in [2.75, 3.05) is 51.5 Å². The molecule has 1 saturated heterocycles. The van der Waals surface area contributed by atoms with E-state index >= 15 is 0 Å². The molecule has 1 heterocycles. The van der Waals surface area contributed by atoms with Gasteiger partial charge in [0.2, 0.25) is 26.0 Å². The molecule has 1 aliphatic rings. The lowest BCUT2D eigenvalue weighted by molar-refractivity contribution is -0.116. The van der Waals surface area contributed by atoms with Gasteiger partial charge in [-0.3, -0.25) is 4.79 Å². The van der Waals surface area contributed by atoms with Crippen molar-refractivity contribution in [1.29, 1.82) is 0 Å². The number of amides is 1. The van der Waals surface area contributed by atoms with Gasteiger partial charge in [0, 0.05) is 19.6 Å². The fourth-order valence-corrected chi connectivity index (χ4v) is 5.59. The third-order valence-corrected chi connectivity index (χ3v) is 8.41. The lowest BCUT2D eigenvalue weighted by Crippen LogP contribution is -2.40. The molecule has 0 aromatic heterocycles. The standard InChI is InChI=1S/C22H29N3O7S2/c1-17-4-6-18(7-5-17)15-25(33(3,27)28)16-22(26)23-20-14-19(8-9-21(20)31-2)34(29,30)24-10-12-32-13-11-24/h4-9,14H,10-13,15-16H2,1-3H3,(H,23,26). The predicted molar refractivity (Wildman–Crippen MR) is 128 cm³/mol. The molecule has 0 saturated carbocycles. The molecule has 0 aliphatic carbocycles. The van der Waals surface area contributed by atoms with E-state index in [1.54, 1.807) is 12.1 Å². The summed E-state index contributed by atoms with van der Waals surface area (Å²) in [4.78, 5) is 12.8. The third-order valence-electron chi connectivity index (χ3n) is 5.32. The Bertz CT molecular complexity index is 1220. The molecule has 0 atom stereocenters. The Morgan fingerprint density at radius 2 is 1.74 bits per heavy atom. The lowest BCUT2D eigenvalue weighted by atomic mass is 10.1. The van der Waals surface area contributed by atoms with Crippen molar-refractivity contribution in [3.8, 4) is 5.75 Å². The second-order valence-electron chi connectivity index (χ2n) is 7.94. The van der Waals surface area contributed by atoms with Gasteiger partial charge in [0.1, 0.15) is 5.75 Å². The summed E-state index contributed by atoms with van der Waals surface area (Å²) in [5.74, 6) is -0.379. The van der Waals surface area contributed by atoms with Crippen LogP contribution >= 0.6 is 0 Å². The molecule has 1 N–H and O–H groups in total. The molecule has 1 amide bonds. The smallest absolute Gasteiger partial charge is 0.243 e. The number of nitrogens with zero attached hydrogens (tertiary/aromatic N) is 2. The van der Waals surface area contributed by atoms with E-state index in [-0.39, 0.29) is 36.0 Å². The topological polar surface area (TPSA) is 122 Å². The Morgan fingerprint density at radius 1 is 1.09 bits per heavy atom. The summed E-state index contributed by atoms with van der Waals surface area (Å²) in [6, 6.07) is 11.5. The number of nitrogens with one attached hydrogen (secondary N) is 1. The van der Waals surface area contributed by atoms with Crippen LogP contribution in [-0.4, -0.2) is 77.6 Å². The molecule has 1 fully saturated rings. The molecule has 2 aromatic carbocycles. The highest BCUT2D eigenvalue weighted by Gasteiger charge is 2.28. The zero-order chi connectivity index (χ0) is 24.9. The van der Waals surface area contributed by atoms with Crippen molar-refractivity contribution in [1.82, 2.24) is 8.61 Å². The number of sulfonamides is 2. The van der Waals surface area contributed by atoms with Gasteiger partial charge in [-0.1, -0.05) is 29.8 Å². The van der Waals surface area contributed by atoms with Crippen molar-refractivity contribution in [3.05, 3.63) is 53.6 Å². The number of carbonyl (C=O) groups excluding carboxylic acids is 1. The number of carbonyl (C=O) groups is 1. The number of aryl methyl sites for hydroxylation is 1. The van der Waals surface area contributed by atoms with Crippen molar-refractivity contribution >= 4 is 31.6 Å². The molecule has 0 spiro atoms. The van der Waals surface area contributed by atoms with E-state index in [0.29, 0.717) is 13.2 Å². The van der Waals surface area contributed by atoms with Crippen LogP contribution < -0.4 is 10.1 Å². The van der Waals surface area contributed by atoms with E-state index in [2.05, 4.69) is 5.32 Å². The van der Waals surface area contributed by atoms with Crippen LogP contribution in [0.1, 0.15) is 11.1 Å². The van der Waals surface area contributed by atoms with E-state index in [0.717, 1.165) is 21.7 Å². The largest absolute Gasteiger partial charge is 0.495 e. The second-order valence-corrected chi connectivity index (χ2v) is 11.9. The van der Waals surface area contributed by atoms with Crippen LogP contribution in [0.25, 0.3) is 0 Å². The first-order valence-electron chi connectivity index (χ1n) is 10.6. The average molecular weight is 512 g/mol. The number of hydrogen-bond donors (Lipinski definition) is 1. The summed E-state index contributed by atoms with van der Waals surface area (Å²) in [5.41, 5.74) is 1.90. The molecular formula is C22H29N3O7S2. The van der Waals surface area contributed by atoms with Crippen LogP contribution in [0.3, 0.4) is 0 Å². The third kappa shape index (κ3) is 6.54. The minimum atomic E-state index is -3.80. The molecule has 12 heteroatoms. The summed E-state index contributed by atoms with van der Waals surface area (Å²) in [7, 11) is -6.10. The first kappa shape index (κ1) is 26.1. The monoisotopic (exact) mass is 511 g/mol. The van der Waals surface area contributed by atoms with Crippen LogP contribution in [0.15, 0.2) is 47.4 Å². The lowest BCUT2D eigenvalue weighted by Gasteiger charge is -2.26. The highest BCUT2D eigenvalue weighted by molar-refractivity contribution is 7.89. The van der Waals surface area contributed by atoms with Crippen LogP contribution in [0, 0.1) is 6.92 Å². The molecule has 0 bridgehead atoms. The summed E-state index contributed by atoms with van der Waals surface area (Å²) in [5, 5.41) is 2.60. The second kappa shape index (κ2) is 10.8. The molecule has 3 rings (SSSR count). The van der Waals surface area contributed by atoms with E-state index in [4.69, 9.17) is 9.47 Å². The van der Waals surface area contributed by atoms with Crippen molar-refractivity contribution in [2.24, 2.45) is 0 Å². The van der Waals surface area contributed by atoms with Gasteiger partial charge in [-0.05, 0) is 30.7 Å². The summed E-state index contributed by atoms with van der Waals surface area (Å²) in [6.07, 6.45) is 1.03. The minimum Gasteiger partial charge on any atom is -0.495 e. The average Bonchev–Trinajstić information content (AvgIpc) is 2.80. The fourth-order valence-electron chi connectivity index (χ4n) is 3.42. The van der Waals surface area contributed by atoms with Crippen molar-refractivity contribution < 1.29 is 31.1 Å². The number of ether oxygens (including phenoxy) is 2. The Labute approximate surface area is 200 Å². The van der Waals surface area contributed by atoms with Gasteiger partial charge in [0.25, 0.3) is 0 Å². The maximum Gasteiger partial charge on any atom is 0.243 e. The van der Waals surface area contributed by atoms with Gasteiger partial charge in [-0.25, -0.2) is 16.8 Å². The molecule has 0 radical (unpaired) electrons. The predicted octanol–water partition coefficient (Wildman–Crippen LogP) is 1.42. The Kier molecular flexibility index (Phi) is 8.31. The van der Waals surface area contributed by atoms with E-state index in [1.807, 2.05) is 19.1 Å². The van der Waals surface area contributed by atoms with Crippen LogP contribution in [0.2, 0.25) is 0 Å². The van der Waals surface area contributed by atoms with Gasteiger partial charge in [0.15, 0.2) is 0 Å². The summed E-state index contributed by atoms with van der Waals surface area (Å²) < 4.78 is 63.4. The molecule has 186 valence electrons. The SMILES string of the molecule is COc1ccc(S(=O)(=O)N2CCOCC2)cc1NC(=O)CN(Cc1ccc(C)cc1)S(C)(=O)=O. The number of morpholine rings is 1. The normalized spacial score (nSPS) is 15.3. The number of anilines is 1. The van der Waals surface area contributed by atoms with Crippen LogP contribution in [0.5, 0.6) is 5.75 Å². The summed E-state index contributed by atoms with van der Waals surface area (Å²) in [6.45, 7) is 2.58. The highest BCUT2D eigenvalue weighted by Crippen LogP contribution is 2.29. The highest BCUT2D eigenvalue weighted by atomic mass is 32.2. The first-order valence-corrected chi connectivity index (χ1v) is 13.9. The summed E-state index contributed by atoms with van der Waals surface area (Å²) >= 11 is 0. The Balaban J connectivity index is 1.80. The molecule has 0 unspecified atom stereocenters. The van der Waals surface area contributed by atoms with Crippen LogP contribution in [-0.2, 0) is 36.1 Å². The molecule has 34 heavy (non-hydrogen) atoms. The maximum atomic E-state index is 13.0.